The van der Waals surface area contributed by atoms with E-state index in [0.29, 0.717) is 6.42 Å². The summed E-state index contributed by atoms with van der Waals surface area (Å²) in [6.45, 7) is 8.14. The summed E-state index contributed by atoms with van der Waals surface area (Å²) >= 11 is 6.67. The average Bonchev–Trinajstić information content (AvgIpc) is 3.20. The molecule has 1 fully saturated rings. The van der Waals surface area contributed by atoms with E-state index < -0.39 is 0 Å². The molecule has 35 heavy (non-hydrogen) atoms. The van der Waals surface area contributed by atoms with Gasteiger partial charge in [-0.2, -0.15) is 5.10 Å². The summed E-state index contributed by atoms with van der Waals surface area (Å²) in [7, 11) is 2.16. The number of aryl methyl sites for hydroxylation is 2. The topological polar surface area (TPSA) is 62.1 Å². The Morgan fingerprint density at radius 2 is 1.71 bits per heavy atom. The van der Waals surface area contributed by atoms with Gasteiger partial charge in [-0.3, -0.25) is 0 Å². The second kappa shape index (κ2) is 10.1. The van der Waals surface area contributed by atoms with Gasteiger partial charge in [0, 0.05) is 44.9 Å². The second-order valence-electron chi connectivity index (χ2n) is 9.15. The van der Waals surface area contributed by atoms with Crippen LogP contribution in [0.2, 0.25) is 5.02 Å². The van der Waals surface area contributed by atoms with Gasteiger partial charge in [0.2, 0.25) is 0 Å². The van der Waals surface area contributed by atoms with Crippen molar-refractivity contribution in [1.82, 2.24) is 24.6 Å². The van der Waals surface area contributed by atoms with Gasteiger partial charge in [-0.25, -0.2) is 14.6 Å². The van der Waals surface area contributed by atoms with Gasteiger partial charge < -0.3 is 15.1 Å². The van der Waals surface area contributed by atoms with E-state index in [1.165, 1.54) is 5.56 Å². The van der Waals surface area contributed by atoms with Gasteiger partial charge in [0.25, 0.3) is 0 Å². The Labute approximate surface area is 211 Å². The Morgan fingerprint density at radius 3 is 2.46 bits per heavy atom. The number of hydrogen-bond acceptors (Lipinski definition) is 6. The Balaban J connectivity index is 1.31. The van der Waals surface area contributed by atoms with Gasteiger partial charge in [-0.1, -0.05) is 35.4 Å². The normalized spacial score (nSPS) is 14.3. The molecule has 180 valence electrons. The van der Waals surface area contributed by atoms with Crippen LogP contribution in [0.1, 0.15) is 22.6 Å². The molecule has 3 heterocycles. The third-order valence-electron chi connectivity index (χ3n) is 6.29. The zero-order chi connectivity index (χ0) is 24.4. The van der Waals surface area contributed by atoms with Crippen molar-refractivity contribution in [2.45, 2.75) is 20.3 Å². The lowest BCUT2D eigenvalue weighted by molar-refractivity contribution is 0.313. The van der Waals surface area contributed by atoms with Crippen molar-refractivity contribution in [3.63, 3.8) is 0 Å². The minimum absolute atomic E-state index is 0.606. The third-order valence-corrected chi connectivity index (χ3v) is 6.59. The highest BCUT2D eigenvalue weighted by atomic mass is 35.5. The summed E-state index contributed by atoms with van der Waals surface area (Å²) in [6, 6.07) is 18.5. The SMILES string of the molecule is Cc1ccc(-n2nc(C)cc2Nc2ccnc(Cc3ccc(N4CCN(C)CC4)c(Cl)c3)n2)cc1. The van der Waals surface area contributed by atoms with Crippen LogP contribution in [0.3, 0.4) is 0 Å². The van der Waals surface area contributed by atoms with Crippen LogP contribution >= 0.6 is 11.6 Å². The molecule has 8 heteroatoms. The van der Waals surface area contributed by atoms with E-state index in [2.05, 4.69) is 75.6 Å². The molecule has 4 aromatic rings. The van der Waals surface area contributed by atoms with Gasteiger partial charge in [0.15, 0.2) is 0 Å². The standard InChI is InChI=1S/C27H30ClN7/c1-19-4-7-22(8-5-19)35-27(16-20(2)32-35)31-25-10-11-29-26(30-25)18-21-6-9-24(23(28)17-21)34-14-12-33(3)13-15-34/h4-11,16-17H,12-15,18H2,1-3H3,(H,29,30,31). The van der Waals surface area contributed by atoms with Gasteiger partial charge in [-0.05, 0) is 56.8 Å². The largest absolute Gasteiger partial charge is 0.368 e. The number of rotatable bonds is 6. The molecule has 0 amide bonds. The van der Waals surface area contributed by atoms with Crippen LogP contribution in [0.15, 0.2) is 60.8 Å². The lowest BCUT2D eigenvalue weighted by Gasteiger charge is -2.34. The summed E-state index contributed by atoms with van der Waals surface area (Å²) in [5.74, 6) is 2.32. The fraction of sp³-hybridized carbons (Fsp3) is 0.296. The molecule has 1 aliphatic heterocycles. The van der Waals surface area contributed by atoms with Crippen LogP contribution in [0, 0.1) is 13.8 Å². The quantitative estimate of drug-likeness (QED) is 0.412. The summed E-state index contributed by atoms with van der Waals surface area (Å²) in [4.78, 5) is 13.9. The number of nitrogens with one attached hydrogen (secondary N) is 1. The summed E-state index contributed by atoms with van der Waals surface area (Å²) in [6.07, 6.45) is 2.39. The van der Waals surface area contributed by atoms with Gasteiger partial charge in [0.05, 0.1) is 22.1 Å². The van der Waals surface area contributed by atoms with Crippen molar-refractivity contribution < 1.29 is 0 Å². The van der Waals surface area contributed by atoms with Crippen LogP contribution in [0.4, 0.5) is 17.3 Å². The van der Waals surface area contributed by atoms with Crippen molar-refractivity contribution in [1.29, 1.82) is 0 Å². The molecule has 0 saturated carbocycles. The highest BCUT2D eigenvalue weighted by Crippen LogP contribution is 2.28. The van der Waals surface area contributed by atoms with Crippen molar-refractivity contribution in [3.8, 4) is 5.69 Å². The molecule has 1 N–H and O–H groups in total. The maximum atomic E-state index is 6.67. The molecular formula is C27H30ClN7. The Morgan fingerprint density at radius 1 is 0.943 bits per heavy atom. The molecule has 2 aromatic carbocycles. The van der Waals surface area contributed by atoms with Crippen molar-refractivity contribution in [2.24, 2.45) is 0 Å². The summed E-state index contributed by atoms with van der Waals surface area (Å²) < 4.78 is 1.90. The molecule has 0 spiro atoms. The van der Waals surface area contributed by atoms with Crippen LogP contribution in [0.25, 0.3) is 5.69 Å². The van der Waals surface area contributed by atoms with Gasteiger partial charge in [-0.15, -0.1) is 0 Å². The minimum Gasteiger partial charge on any atom is -0.368 e. The zero-order valence-corrected chi connectivity index (χ0v) is 21.1. The number of likely N-dealkylation sites (N-methyl/N-ethyl adjacent to an activating group) is 1. The third kappa shape index (κ3) is 5.47. The van der Waals surface area contributed by atoms with Crippen LogP contribution in [0.5, 0.6) is 0 Å². The van der Waals surface area contributed by atoms with Crippen LogP contribution in [-0.2, 0) is 6.42 Å². The molecule has 0 aliphatic carbocycles. The second-order valence-corrected chi connectivity index (χ2v) is 9.56. The number of aromatic nitrogens is 4. The van der Waals surface area contributed by atoms with Crippen molar-refractivity contribution >= 4 is 28.9 Å². The highest BCUT2D eigenvalue weighted by Gasteiger charge is 2.17. The lowest BCUT2D eigenvalue weighted by atomic mass is 10.1. The number of nitrogens with zero attached hydrogens (tertiary/aromatic N) is 6. The highest BCUT2D eigenvalue weighted by molar-refractivity contribution is 6.33. The molecule has 0 radical (unpaired) electrons. The molecule has 0 atom stereocenters. The fourth-order valence-electron chi connectivity index (χ4n) is 4.30. The first kappa shape index (κ1) is 23.3. The Kier molecular flexibility index (Phi) is 6.70. The monoisotopic (exact) mass is 487 g/mol. The molecule has 0 bridgehead atoms. The molecule has 2 aromatic heterocycles. The molecule has 1 saturated heterocycles. The maximum Gasteiger partial charge on any atom is 0.135 e. The molecule has 7 nitrogen and oxygen atoms in total. The van der Waals surface area contributed by atoms with Crippen molar-refractivity contribution in [3.05, 3.63) is 88.5 Å². The first-order chi connectivity index (χ1) is 16.9. The van der Waals surface area contributed by atoms with Crippen LogP contribution < -0.4 is 10.2 Å². The van der Waals surface area contributed by atoms with E-state index in [9.17, 15) is 0 Å². The number of halogens is 1. The number of benzene rings is 2. The lowest BCUT2D eigenvalue weighted by Crippen LogP contribution is -2.44. The van der Waals surface area contributed by atoms with E-state index >= 15 is 0 Å². The Hall–Kier alpha value is -3.42. The van der Waals surface area contributed by atoms with Gasteiger partial charge >= 0.3 is 0 Å². The summed E-state index contributed by atoms with van der Waals surface area (Å²) in [5.41, 5.74) is 5.32. The smallest absolute Gasteiger partial charge is 0.135 e. The van der Waals surface area contributed by atoms with E-state index in [4.69, 9.17) is 16.6 Å². The van der Waals surface area contributed by atoms with Crippen LogP contribution in [-0.4, -0.2) is 57.9 Å². The van der Waals surface area contributed by atoms with E-state index in [0.717, 1.165) is 71.3 Å². The van der Waals surface area contributed by atoms with E-state index in [-0.39, 0.29) is 0 Å². The molecule has 1 aliphatic rings. The zero-order valence-electron chi connectivity index (χ0n) is 20.4. The van der Waals surface area contributed by atoms with Crippen molar-refractivity contribution in [2.75, 3.05) is 43.4 Å². The van der Waals surface area contributed by atoms with E-state index in [1.54, 1.807) is 6.20 Å². The first-order valence-electron chi connectivity index (χ1n) is 11.9. The fourth-order valence-corrected chi connectivity index (χ4v) is 4.63. The average molecular weight is 488 g/mol. The predicted molar refractivity (Wildman–Crippen MR) is 142 cm³/mol. The van der Waals surface area contributed by atoms with Gasteiger partial charge in [0.1, 0.15) is 17.5 Å². The molecule has 5 rings (SSSR count). The first-order valence-corrected chi connectivity index (χ1v) is 12.3. The minimum atomic E-state index is 0.606. The maximum absolute atomic E-state index is 6.67. The number of piperazine rings is 1. The van der Waals surface area contributed by atoms with E-state index in [1.807, 2.05) is 29.8 Å². The number of anilines is 3. The summed E-state index contributed by atoms with van der Waals surface area (Å²) in [5, 5.41) is 8.84. The predicted octanol–water partition coefficient (Wildman–Crippen LogP) is 5.02. The Bertz CT molecular complexity index is 1310. The molecular weight excluding hydrogens is 458 g/mol. The molecule has 0 unspecified atom stereocenters. The number of hydrogen-bond donors (Lipinski definition) is 1.